The number of benzene rings is 2. The molecule has 0 N–H and O–H groups in total. The predicted octanol–water partition coefficient (Wildman–Crippen LogP) is 4.68. The van der Waals surface area contributed by atoms with Gasteiger partial charge in [-0.1, -0.05) is 61.5 Å². The summed E-state index contributed by atoms with van der Waals surface area (Å²) in [7, 11) is -3.77. The summed E-state index contributed by atoms with van der Waals surface area (Å²) in [5, 5.41) is 0. The van der Waals surface area contributed by atoms with E-state index in [1.165, 1.54) is 4.31 Å². The number of rotatable bonds is 9. The van der Waals surface area contributed by atoms with Crippen molar-refractivity contribution in [3.63, 3.8) is 0 Å². The quantitative estimate of drug-likeness (QED) is 0.340. The third kappa shape index (κ3) is 6.06. The summed E-state index contributed by atoms with van der Waals surface area (Å²) >= 11 is 0. The van der Waals surface area contributed by atoms with Gasteiger partial charge in [-0.2, -0.15) is 0 Å². The first kappa shape index (κ1) is 22.4. The van der Waals surface area contributed by atoms with Crippen LogP contribution in [0.2, 0.25) is 0 Å². The van der Waals surface area contributed by atoms with E-state index >= 15 is 0 Å². The van der Waals surface area contributed by atoms with Gasteiger partial charge in [0.15, 0.2) is 0 Å². The molecule has 0 bridgehead atoms. The fourth-order valence-electron chi connectivity index (χ4n) is 2.72. The Hall–Kier alpha value is -2.86. The zero-order valence-electron chi connectivity index (χ0n) is 17.0. The van der Waals surface area contributed by atoms with Gasteiger partial charge in [-0.05, 0) is 44.0 Å². The zero-order valence-corrected chi connectivity index (χ0v) is 17.9. The Labute approximate surface area is 173 Å². The number of allylic oxidation sites excluding steroid dienone is 3. The first-order valence-corrected chi connectivity index (χ1v) is 11.0. The van der Waals surface area contributed by atoms with E-state index in [4.69, 9.17) is 4.74 Å². The lowest BCUT2D eigenvalue weighted by Gasteiger charge is -2.26. The minimum atomic E-state index is -3.77. The van der Waals surface area contributed by atoms with Crippen LogP contribution in [-0.2, 0) is 26.1 Å². The van der Waals surface area contributed by atoms with Gasteiger partial charge >= 0.3 is 5.97 Å². The van der Waals surface area contributed by atoms with Gasteiger partial charge in [0.25, 0.3) is 10.0 Å². The van der Waals surface area contributed by atoms with Gasteiger partial charge in [0.1, 0.15) is 0 Å². The molecule has 0 saturated heterocycles. The molecular weight excluding hydrogens is 386 g/mol. The summed E-state index contributed by atoms with van der Waals surface area (Å²) in [4.78, 5) is 12.1. The number of hydrogen-bond donors (Lipinski definition) is 0. The fraction of sp³-hybridized carbons (Fsp3) is 0.261. The molecule has 0 amide bonds. The monoisotopic (exact) mass is 413 g/mol. The van der Waals surface area contributed by atoms with Crippen molar-refractivity contribution in [2.75, 3.05) is 6.61 Å². The van der Waals surface area contributed by atoms with E-state index in [2.05, 4.69) is 0 Å². The third-order valence-corrected chi connectivity index (χ3v) is 6.12. The van der Waals surface area contributed by atoms with Crippen LogP contribution in [0, 0.1) is 0 Å². The molecule has 5 nitrogen and oxygen atoms in total. The number of ether oxygens (including phenoxy) is 1. The number of esters is 1. The standard InChI is InChI=1S/C23H27NO4S/c1-4-21(17-16-19(3)23(25)28-5-2)24(18-20-12-8-6-9-13-20)29(26,27)22-14-10-7-11-15-22/h6-17H,4-5,18H2,1-3H3. The Kier molecular flexibility index (Phi) is 8.21. The van der Waals surface area contributed by atoms with Gasteiger partial charge in [0.05, 0.1) is 18.0 Å². The summed E-state index contributed by atoms with van der Waals surface area (Å²) in [5.41, 5.74) is 1.87. The molecule has 0 unspecified atom stereocenters. The van der Waals surface area contributed by atoms with Crippen molar-refractivity contribution in [1.82, 2.24) is 4.31 Å². The van der Waals surface area contributed by atoms with Crippen molar-refractivity contribution in [2.45, 2.75) is 38.6 Å². The van der Waals surface area contributed by atoms with Gasteiger partial charge in [-0.3, -0.25) is 4.31 Å². The molecule has 0 saturated carbocycles. The molecule has 0 aliphatic carbocycles. The molecule has 0 spiro atoms. The topological polar surface area (TPSA) is 63.7 Å². The SMILES string of the molecule is CCOC(=O)C(C)=CC=C(CC)N(Cc1ccccc1)S(=O)(=O)c1ccccc1. The van der Waals surface area contributed by atoms with Crippen LogP contribution in [-0.4, -0.2) is 25.3 Å². The number of hydrogen-bond acceptors (Lipinski definition) is 4. The summed E-state index contributed by atoms with van der Waals surface area (Å²) in [6.45, 7) is 5.76. The van der Waals surface area contributed by atoms with E-state index in [0.29, 0.717) is 17.7 Å². The molecular formula is C23H27NO4S. The second-order valence-corrected chi connectivity index (χ2v) is 8.25. The number of carbonyl (C=O) groups excluding carboxylic acids is 1. The van der Waals surface area contributed by atoms with Gasteiger partial charge in [-0.25, -0.2) is 13.2 Å². The van der Waals surface area contributed by atoms with Gasteiger partial charge in [0, 0.05) is 11.3 Å². The molecule has 0 aromatic heterocycles. The minimum absolute atomic E-state index is 0.198. The largest absolute Gasteiger partial charge is 0.463 e. The van der Waals surface area contributed by atoms with Crippen molar-refractivity contribution in [3.05, 3.63) is 89.6 Å². The lowest BCUT2D eigenvalue weighted by Crippen LogP contribution is -2.30. The minimum Gasteiger partial charge on any atom is -0.463 e. The van der Waals surface area contributed by atoms with Crippen LogP contribution < -0.4 is 0 Å². The molecule has 2 aromatic rings. The number of sulfonamides is 1. The van der Waals surface area contributed by atoms with Crippen molar-refractivity contribution in [3.8, 4) is 0 Å². The smallest absolute Gasteiger partial charge is 0.333 e. The second-order valence-electron chi connectivity index (χ2n) is 6.39. The molecule has 0 fully saturated rings. The number of nitrogens with zero attached hydrogens (tertiary/aromatic N) is 1. The highest BCUT2D eigenvalue weighted by Crippen LogP contribution is 2.25. The summed E-state index contributed by atoms with van der Waals surface area (Å²) in [6, 6.07) is 17.8. The van der Waals surface area contributed by atoms with Crippen molar-refractivity contribution >= 4 is 16.0 Å². The molecule has 29 heavy (non-hydrogen) atoms. The maximum Gasteiger partial charge on any atom is 0.333 e. The molecule has 0 radical (unpaired) electrons. The van der Waals surface area contributed by atoms with E-state index in [1.54, 1.807) is 56.3 Å². The molecule has 0 aliphatic heterocycles. The molecule has 0 heterocycles. The van der Waals surface area contributed by atoms with Gasteiger partial charge in [-0.15, -0.1) is 0 Å². The van der Waals surface area contributed by atoms with Crippen molar-refractivity contribution < 1.29 is 17.9 Å². The lowest BCUT2D eigenvalue weighted by atomic mass is 10.2. The number of carbonyl (C=O) groups is 1. The van der Waals surface area contributed by atoms with E-state index in [1.807, 2.05) is 37.3 Å². The Morgan fingerprint density at radius 3 is 2.10 bits per heavy atom. The Bertz CT molecular complexity index is 964. The van der Waals surface area contributed by atoms with Gasteiger partial charge in [0.2, 0.25) is 0 Å². The maximum atomic E-state index is 13.4. The Balaban J connectivity index is 2.48. The van der Waals surface area contributed by atoms with E-state index in [-0.39, 0.29) is 18.0 Å². The maximum absolute atomic E-state index is 13.4. The van der Waals surface area contributed by atoms with E-state index in [9.17, 15) is 13.2 Å². The van der Waals surface area contributed by atoms with Crippen LogP contribution in [0.25, 0.3) is 0 Å². The Morgan fingerprint density at radius 2 is 1.55 bits per heavy atom. The highest BCUT2D eigenvalue weighted by molar-refractivity contribution is 7.89. The average Bonchev–Trinajstić information content (AvgIpc) is 2.74. The van der Waals surface area contributed by atoms with E-state index < -0.39 is 16.0 Å². The van der Waals surface area contributed by atoms with Crippen molar-refractivity contribution in [1.29, 1.82) is 0 Å². The molecule has 0 aliphatic rings. The van der Waals surface area contributed by atoms with Crippen LogP contribution in [0.3, 0.4) is 0 Å². The van der Waals surface area contributed by atoms with Crippen LogP contribution >= 0.6 is 0 Å². The summed E-state index contributed by atoms with van der Waals surface area (Å²) in [5.74, 6) is -0.417. The van der Waals surface area contributed by atoms with Crippen LogP contribution in [0.1, 0.15) is 32.8 Å². The molecule has 2 rings (SSSR count). The van der Waals surface area contributed by atoms with Gasteiger partial charge < -0.3 is 4.74 Å². The summed E-state index contributed by atoms with van der Waals surface area (Å²) < 4.78 is 33.2. The fourth-order valence-corrected chi connectivity index (χ4v) is 4.29. The molecule has 154 valence electrons. The highest BCUT2D eigenvalue weighted by atomic mass is 32.2. The zero-order chi connectivity index (χ0) is 21.3. The Morgan fingerprint density at radius 1 is 0.966 bits per heavy atom. The lowest BCUT2D eigenvalue weighted by molar-refractivity contribution is -0.138. The summed E-state index contributed by atoms with van der Waals surface area (Å²) in [6.07, 6.45) is 3.76. The van der Waals surface area contributed by atoms with Crippen LogP contribution in [0.5, 0.6) is 0 Å². The molecule has 2 aromatic carbocycles. The van der Waals surface area contributed by atoms with Crippen LogP contribution in [0.4, 0.5) is 0 Å². The first-order valence-electron chi connectivity index (χ1n) is 9.56. The first-order chi connectivity index (χ1) is 13.9. The highest BCUT2D eigenvalue weighted by Gasteiger charge is 2.25. The van der Waals surface area contributed by atoms with Crippen LogP contribution in [0.15, 0.2) is 89.0 Å². The molecule has 0 atom stereocenters. The normalized spacial score (nSPS) is 12.5. The predicted molar refractivity (Wildman–Crippen MR) is 114 cm³/mol. The van der Waals surface area contributed by atoms with Crippen molar-refractivity contribution in [2.24, 2.45) is 0 Å². The third-order valence-electron chi connectivity index (χ3n) is 4.31. The second kappa shape index (κ2) is 10.6. The van der Waals surface area contributed by atoms with E-state index in [0.717, 1.165) is 5.56 Å². The average molecular weight is 414 g/mol. The molecule has 6 heteroatoms.